The van der Waals surface area contributed by atoms with E-state index in [1.54, 1.807) is 0 Å². The van der Waals surface area contributed by atoms with Crippen LogP contribution in [0.5, 0.6) is 0 Å². The molecule has 0 fully saturated rings. The van der Waals surface area contributed by atoms with Crippen LogP contribution in [0.15, 0.2) is 9.85 Å². The molecule has 0 radical (unpaired) electrons. The van der Waals surface area contributed by atoms with Crippen molar-refractivity contribution in [3.63, 3.8) is 0 Å². The summed E-state index contributed by atoms with van der Waals surface area (Å²) in [6.07, 6.45) is 2.48. The summed E-state index contributed by atoms with van der Waals surface area (Å²) < 4.78 is 1.25. The quantitative estimate of drug-likeness (QED) is 0.790. The van der Waals surface area contributed by atoms with Gasteiger partial charge in [-0.05, 0) is 52.9 Å². The van der Waals surface area contributed by atoms with Crippen molar-refractivity contribution >= 4 is 27.3 Å². The highest BCUT2D eigenvalue weighted by molar-refractivity contribution is 9.11. The van der Waals surface area contributed by atoms with Gasteiger partial charge in [-0.3, -0.25) is 0 Å². The molecule has 1 aromatic rings. The highest BCUT2D eigenvalue weighted by atomic mass is 79.9. The number of thiophene rings is 1. The highest BCUT2D eigenvalue weighted by Crippen LogP contribution is 2.39. The summed E-state index contributed by atoms with van der Waals surface area (Å²) in [5.74, 6) is 0.632. The van der Waals surface area contributed by atoms with Crippen molar-refractivity contribution in [3.05, 3.63) is 20.3 Å². The maximum atomic E-state index is 5.65. The van der Waals surface area contributed by atoms with Gasteiger partial charge in [0.05, 0.1) is 3.79 Å². The summed E-state index contributed by atoms with van der Waals surface area (Å²) in [5.41, 5.74) is 7.14. The van der Waals surface area contributed by atoms with Crippen molar-refractivity contribution in [3.8, 4) is 0 Å². The molecule has 1 aromatic heterocycles. The minimum atomic E-state index is 0.632. The molecule has 1 atom stereocenters. The van der Waals surface area contributed by atoms with Gasteiger partial charge in [-0.15, -0.1) is 11.3 Å². The van der Waals surface area contributed by atoms with Gasteiger partial charge in [0.1, 0.15) is 0 Å². The number of nitrogens with two attached hydrogens (primary N) is 1. The Hall–Kier alpha value is 0.140. The Morgan fingerprint density at radius 1 is 1.73 bits per heavy atom. The molecule has 2 N–H and O–H groups in total. The number of fused-ring (bicyclic) bond motifs is 1. The largest absolute Gasteiger partial charge is 0.330 e. The summed E-state index contributed by atoms with van der Waals surface area (Å²) in [6.45, 7) is 0.802. The molecule has 1 unspecified atom stereocenters. The first-order chi connectivity index (χ1) is 5.31. The first kappa shape index (κ1) is 7.77. The molecular formula is C8H10BrNS. The molecule has 2 rings (SSSR count). The van der Waals surface area contributed by atoms with Crippen LogP contribution in [0.3, 0.4) is 0 Å². The number of hydrogen-bond donors (Lipinski definition) is 1. The maximum Gasteiger partial charge on any atom is 0.0704 e. The van der Waals surface area contributed by atoms with Gasteiger partial charge in [0.2, 0.25) is 0 Å². The minimum Gasteiger partial charge on any atom is -0.330 e. The molecule has 0 saturated heterocycles. The van der Waals surface area contributed by atoms with Gasteiger partial charge < -0.3 is 5.73 Å². The van der Waals surface area contributed by atoms with Crippen LogP contribution in [0, 0.1) is 0 Å². The van der Waals surface area contributed by atoms with Gasteiger partial charge in [-0.25, -0.2) is 0 Å². The van der Waals surface area contributed by atoms with Crippen LogP contribution in [0.4, 0.5) is 0 Å². The van der Waals surface area contributed by atoms with E-state index in [0.717, 1.165) is 6.54 Å². The molecule has 1 heterocycles. The average Bonchev–Trinajstić information content (AvgIpc) is 2.45. The standard InChI is InChI=1S/C8H10BrNS/c9-8-3-6-5(4-10)1-2-7(6)11-8/h3,5H,1-2,4,10H2. The fourth-order valence-electron chi connectivity index (χ4n) is 1.66. The Morgan fingerprint density at radius 3 is 3.27 bits per heavy atom. The molecule has 11 heavy (non-hydrogen) atoms. The normalized spacial score (nSPS) is 22.2. The summed E-state index contributed by atoms with van der Waals surface area (Å²) in [4.78, 5) is 1.53. The Morgan fingerprint density at radius 2 is 2.55 bits per heavy atom. The lowest BCUT2D eigenvalue weighted by Gasteiger charge is -2.03. The average molecular weight is 232 g/mol. The van der Waals surface area contributed by atoms with Gasteiger partial charge in [0.25, 0.3) is 0 Å². The van der Waals surface area contributed by atoms with Crippen LogP contribution < -0.4 is 5.73 Å². The third kappa shape index (κ3) is 1.25. The van der Waals surface area contributed by atoms with Crippen LogP contribution in [0.2, 0.25) is 0 Å². The zero-order chi connectivity index (χ0) is 7.84. The molecule has 0 amide bonds. The van der Waals surface area contributed by atoms with Crippen LogP contribution in [0.25, 0.3) is 0 Å². The molecule has 3 heteroatoms. The van der Waals surface area contributed by atoms with E-state index in [0.29, 0.717) is 5.92 Å². The van der Waals surface area contributed by atoms with Crippen molar-refractivity contribution in [2.75, 3.05) is 6.54 Å². The topological polar surface area (TPSA) is 26.0 Å². The molecule has 1 nitrogen and oxygen atoms in total. The van der Waals surface area contributed by atoms with Crippen molar-refractivity contribution in [2.45, 2.75) is 18.8 Å². The van der Waals surface area contributed by atoms with Crippen molar-refractivity contribution in [1.29, 1.82) is 0 Å². The van der Waals surface area contributed by atoms with E-state index in [4.69, 9.17) is 5.73 Å². The van der Waals surface area contributed by atoms with E-state index >= 15 is 0 Å². The molecule has 0 bridgehead atoms. The van der Waals surface area contributed by atoms with Crippen LogP contribution in [-0.2, 0) is 6.42 Å². The molecular weight excluding hydrogens is 222 g/mol. The Balaban J connectivity index is 2.37. The van der Waals surface area contributed by atoms with E-state index in [9.17, 15) is 0 Å². The maximum absolute atomic E-state index is 5.65. The van der Waals surface area contributed by atoms with Gasteiger partial charge >= 0.3 is 0 Å². The first-order valence-corrected chi connectivity index (χ1v) is 5.40. The van der Waals surface area contributed by atoms with E-state index in [1.165, 1.54) is 27.1 Å². The number of hydrogen-bond acceptors (Lipinski definition) is 2. The molecule has 0 spiro atoms. The molecule has 0 saturated carbocycles. The van der Waals surface area contributed by atoms with Gasteiger partial charge in [0, 0.05) is 4.88 Å². The lowest BCUT2D eigenvalue weighted by atomic mass is 10.1. The highest BCUT2D eigenvalue weighted by Gasteiger charge is 2.23. The van der Waals surface area contributed by atoms with E-state index in [1.807, 2.05) is 11.3 Å². The van der Waals surface area contributed by atoms with Gasteiger partial charge in [-0.1, -0.05) is 0 Å². The van der Waals surface area contributed by atoms with Crippen molar-refractivity contribution in [1.82, 2.24) is 0 Å². The molecule has 1 aliphatic carbocycles. The monoisotopic (exact) mass is 231 g/mol. The van der Waals surface area contributed by atoms with Gasteiger partial charge in [-0.2, -0.15) is 0 Å². The number of aryl methyl sites for hydroxylation is 1. The fourth-order valence-corrected chi connectivity index (χ4v) is 3.47. The van der Waals surface area contributed by atoms with E-state index in [-0.39, 0.29) is 0 Å². The summed E-state index contributed by atoms with van der Waals surface area (Å²) in [5, 5.41) is 0. The van der Waals surface area contributed by atoms with Crippen molar-refractivity contribution in [2.24, 2.45) is 5.73 Å². The molecule has 0 aromatic carbocycles. The minimum absolute atomic E-state index is 0.632. The number of halogens is 1. The smallest absolute Gasteiger partial charge is 0.0704 e. The molecule has 1 aliphatic rings. The van der Waals surface area contributed by atoms with Crippen LogP contribution >= 0.6 is 27.3 Å². The fraction of sp³-hybridized carbons (Fsp3) is 0.500. The molecule has 60 valence electrons. The SMILES string of the molecule is NCC1CCc2sc(Br)cc21. The lowest BCUT2D eigenvalue weighted by molar-refractivity contribution is 0.688. The predicted octanol–water partition coefficient (Wildman–Crippen LogP) is 2.50. The molecule has 0 aliphatic heterocycles. The van der Waals surface area contributed by atoms with Crippen LogP contribution in [0.1, 0.15) is 22.8 Å². The number of rotatable bonds is 1. The summed E-state index contributed by atoms with van der Waals surface area (Å²) >= 11 is 5.35. The zero-order valence-corrected chi connectivity index (χ0v) is 8.54. The Kier molecular flexibility index (Phi) is 2.04. The third-order valence-corrected chi connectivity index (χ3v) is 3.97. The predicted molar refractivity (Wildman–Crippen MR) is 52.1 cm³/mol. The van der Waals surface area contributed by atoms with Gasteiger partial charge in [0.15, 0.2) is 0 Å². The summed E-state index contributed by atoms with van der Waals surface area (Å²) in [6, 6.07) is 2.23. The third-order valence-electron chi connectivity index (χ3n) is 2.26. The zero-order valence-electron chi connectivity index (χ0n) is 6.14. The van der Waals surface area contributed by atoms with E-state index < -0.39 is 0 Å². The van der Waals surface area contributed by atoms with E-state index in [2.05, 4.69) is 22.0 Å². The second-order valence-corrected chi connectivity index (χ2v) is 5.42. The Labute approximate surface area is 78.7 Å². The second-order valence-electron chi connectivity index (χ2n) is 2.90. The first-order valence-electron chi connectivity index (χ1n) is 3.79. The van der Waals surface area contributed by atoms with Crippen LogP contribution in [-0.4, -0.2) is 6.54 Å². The summed E-state index contributed by atoms with van der Waals surface area (Å²) in [7, 11) is 0. The second kappa shape index (κ2) is 2.88. The Bertz CT molecular complexity index is 269. The van der Waals surface area contributed by atoms with Crippen molar-refractivity contribution < 1.29 is 0 Å². The lowest BCUT2D eigenvalue weighted by Crippen LogP contribution is -2.08.